The van der Waals surface area contributed by atoms with Crippen LogP contribution in [0.4, 0.5) is 10.5 Å². The third-order valence-electron chi connectivity index (χ3n) is 6.35. The molecule has 1 N–H and O–H groups in total. The van der Waals surface area contributed by atoms with Crippen molar-refractivity contribution in [1.82, 2.24) is 19.2 Å². The summed E-state index contributed by atoms with van der Waals surface area (Å²) in [5.41, 5.74) is 4.19. The van der Waals surface area contributed by atoms with Gasteiger partial charge in [-0.1, -0.05) is 29.8 Å². The minimum Gasteiger partial charge on any atom is -0.325 e. The number of para-hydroxylation sites is 1. The number of aromatic nitrogens is 3. The number of carbonyl (C=O) groups is 3. The predicted octanol–water partition coefficient (Wildman–Crippen LogP) is 4.42. The van der Waals surface area contributed by atoms with Gasteiger partial charge in [-0.25, -0.2) is 4.98 Å². The topological polar surface area (TPSA) is 106 Å². The van der Waals surface area contributed by atoms with E-state index in [4.69, 9.17) is 0 Å². The van der Waals surface area contributed by atoms with Gasteiger partial charge < -0.3 is 5.32 Å². The monoisotopic (exact) mass is 527 g/mol. The highest BCUT2D eigenvalue weighted by atomic mass is 32.2. The molecular weight excluding hydrogens is 502 g/mol. The Bertz CT molecular complexity index is 1720. The van der Waals surface area contributed by atoms with Gasteiger partial charge in [-0.2, -0.15) is 4.68 Å². The average molecular weight is 528 g/mol. The zero-order valence-electron chi connectivity index (χ0n) is 21.3. The second-order valence-electron chi connectivity index (χ2n) is 9.11. The summed E-state index contributed by atoms with van der Waals surface area (Å²) < 4.78 is 3.26. The fourth-order valence-electron chi connectivity index (χ4n) is 4.46. The van der Waals surface area contributed by atoms with Crippen LogP contribution in [0.15, 0.2) is 64.3 Å². The van der Waals surface area contributed by atoms with Gasteiger partial charge in [0.15, 0.2) is 0 Å². The maximum absolute atomic E-state index is 13.3. The number of hydrogen-bond donors (Lipinski definition) is 1. The Morgan fingerprint density at radius 1 is 0.974 bits per heavy atom. The second kappa shape index (κ2) is 9.79. The third kappa shape index (κ3) is 4.54. The van der Waals surface area contributed by atoms with E-state index in [0.29, 0.717) is 33.7 Å². The largest absolute Gasteiger partial charge is 0.325 e. The summed E-state index contributed by atoms with van der Waals surface area (Å²) in [6.07, 6.45) is 1.62. The SMILES string of the molecule is Cc1ccc(NC(=O)CN2C(=O)SC(=Cc3cc(C)n(-n4c(C)nc5ccccc5c4=O)c3C)C2=O)cc1. The molecule has 38 heavy (non-hydrogen) atoms. The molecule has 3 heterocycles. The number of anilines is 1. The van der Waals surface area contributed by atoms with E-state index in [-0.39, 0.29) is 17.0 Å². The number of thioether (sulfide) groups is 1. The summed E-state index contributed by atoms with van der Waals surface area (Å²) in [5.74, 6) is -0.485. The van der Waals surface area contributed by atoms with Gasteiger partial charge in [0.25, 0.3) is 16.7 Å². The first-order chi connectivity index (χ1) is 18.1. The molecule has 10 heteroatoms. The molecule has 192 valence electrons. The molecular formula is C28H25N5O4S. The molecule has 9 nitrogen and oxygen atoms in total. The Morgan fingerprint density at radius 2 is 1.68 bits per heavy atom. The summed E-state index contributed by atoms with van der Waals surface area (Å²) >= 11 is 0.783. The molecule has 2 aromatic carbocycles. The van der Waals surface area contributed by atoms with Crippen LogP contribution >= 0.6 is 11.8 Å². The molecule has 0 spiro atoms. The number of hydrogen-bond acceptors (Lipinski definition) is 6. The molecule has 0 bridgehead atoms. The highest BCUT2D eigenvalue weighted by Crippen LogP contribution is 2.33. The number of nitrogens with zero attached hydrogens (tertiary/aromatic N) is 4. The Kier molecular flexibility index (Phi) is 6.50. The third-order valence-corrected chi connectivity index (χ3v) is 7.25. The van der Waals surface area contributed by atoms with Crippen molar-refractivity contribution in [2.24, 2.45) is 0 Å². The van der Waals surface area contributed by atoms with Crippen molar-refractivity contribution in [2.75, 3.05) is 11.9 Å². The molecule has 1 aliphatic rings. The van der Waals surface area contributed by atoms with Crippen molar-refractivity contribution in [3.05, 3.63) is 98.2 Å². The van der Waals surface area contributed by atoms with Crippen LogP contribution in [0, 0.1) is 27.7 Å². The van der Waals surface area contributed by atoms with E-state index in [1.165, 1.54) is 4.68 Å². The first-order valence-corrected chi connectivity index (χ1v) is 12.8. The molecule has 1 fully saturated rings. The van der Waals surface area contributed by atoms with E-state index in [2.05, 4.69) is 10.3 Å². The Balaban J connectivity index is 1.42. The van der Waals surface area contributed by atoms with Crippen LogP contribution in [0.3, 0.4) is 0 Å². The van der Waals surface area contributed by atoms with Gasteiger partial charge in [0.2, 0.25) is 5.91 Å². The average Bonchev–Trinajstić information content (AvgIpc) is 3.30. The van der Waals surface area contributed by atoms with Crippen molar-refractivity contribution in [3.8, 4) is 0 Å². The first-order valence-electron chi connectivity index (χ1n) is 11.9. The van der Waals surface area contributed by atoms with Gasteiger partial charge in [-0.15, -0.1) is 0 Å². The number of benzene rings is 2. The van der Waals surface area contributed by atoms with Crippen LogP contribution in [-0.2, 0) is 9.59 Å². The maximum Gasteiger partial charge on any atom is 0.294 e. The van der Waals surface area contributed by atoms with E-state index in [1.807, 2.05) is 45.0 Å². The molecule has 0 saturated carbocycles. The van der Waals surface area contributed by atoms with Crippen LogP contribution in [0.2, 0.25) is 0 Å². The van der Waals surface area contributed by atoms with E-state index >= 15 is 0 Å². The summed E-state index contributed by atoms with van der Waals surface area (Å²) in [5, 5.41) is 2.69. The highest BCUT2D eigenvalue weighted by Gasteiger charge is 2.36. The zero-order chi connectivity index (χ0) is 27.1. The molecule has 3 amide bonds. The summed E-state index contributed by atoms with van der Waals surface area (Å²) in [4.78, 5) is 57.2. The lowest BCUT2D eigenvalue weighted by Crippen LogP contribution is -2.36. The van der Waals surface area contributed by atoms with Gasteiger partial charge in [0.05, 0.1) is 15.8 Å². The molecule has 0 unspecified atom stereocenters. The number of carbonyl (C=O) groups excluding carboxylic acids is 3. The number of nitrogens with one attached hydrogen (secondary N) is 1. The summed E-state index contributed by atoms with van der Waals surface area (Å²) in [6, 6.07) is 16.2. The summed E-state index contributed by atoms with van der Waals surface area (Å²) in [6.45, 7) is 7.01. The van der Waals surface area contributed by atoms with Crippen molar-refractivity contribution in [3.63, 3.8) is 0 Å². The number of amides is 3. The van der Waals surface area contributed by atoms with Crippen molar-refractivity contribution in [2.45, 2.75) is 27.7 Å². The van der Waals surface area contributed by atoms with Gasteiger partial charge >= 0.3 is 0 Å². The normalized spacial score (nSPS) is 14.6. The van der Waals surface area contributed by atoms with Crippen molar-refractivity contribution >= 4 is 51.5 Å². The van der Waals surface area contributed by atoms with Crippen molar-refractivity contribution in [1.29, 1.82) is 0 Å². The molecule has 0 atom stereocenters. The maximum atomic E-state index is 13.3. The van der Waals surface area contributed by atoms with Gasteiger partial charge in [0.1, 0.15) is 12.4 Å². The fourth-order valence-corrected chi connectivity index (χ4v) is 5.29. The molecule has 1 aliphatic heterocycles. The summed E-state index contributed by atoms with van der Waals surface area (Å²) in [7, 11) is 0. The van der Waals surface area contributed by atoms with Crippen LogP contribution in [0.1, 0.15) is 28.3 Å². The molecule has 1 saturated heterocycles. The lowest BCUT2D eigenvalue weighted by atomic mass is 10.2. The minimum absolute atomic E-state index is 0.207. The highest BCUT2D eigenvalue weighted by molar-refractivity contribution is 8.18. The van der Waals surface area contributed by atoms with E-state index in [0.717, 1.165) is 27.9 Å². The lowest BCUT2D eigenvalue weighted by molar-refractivity contribution is -0.127. The fraction of sp³-hybridized carbons (Fsp3) is 0.179. The van der Waals surface area contributed by atoms with Crippen LogP contribution in [0.5, 0.6) is 0 Å². The number of rotatable bonds is 5. The molecule has 0 aliphatic carbocycles. The Labute approximate surface area is 222 Å². The number of fused-ring (bicyclic) bond motifs is 1. The van der Waals surface area contributed by atoms with E-state index in [9.17, 15) is 19.2 Å². The minimum atomic E-state index is -0.537. The molecule has 4 aromatic rings. The van der Waals surface area contributed by atoms with Crippen molar-refractivity contribution < 1.29 is 14.4 Å². The van der Waals surface area contributed by atoms with E-state index in [1.54, 1.807) is 48.0 Å². The van der Waals surface area contributed by atoms with Gasteiger partial charge in [-0.3, -0.25) is 28.8 Å². The number of imide groups is 1. The van der Waals surface area contributed by atoms with Gasteiger partial charge in [-0.05, 0) is 81.4 Å². The quantitative estimate of drug-likeness (QED) is 0.385. The first kappa shape index (κ1) is 25.2. The molecule has 0 radical (unpaired) electrons. The van der Waals surface area contributed by atoms with Gasteiger partial charge in [0, 0.05) is 17.1 Å². The second-order valence-corrected chi connectivity index (χ2v) is 10.1. The number of aryl methyl sites for hydroxylation is 3. The molecule has 2 aromatic heterocycles. The zero-order valence-corrected chi connectivity index (χ0v) is 22.1. The Morgan fingerprint density at radius 3 is 2.42 bits per heavy atom. The lowest BCUT2D eigenvalue weighted by Gasteiger charge is -2.16. The van der Waals surface area contributed by atoms with Crippen LogP contribution in [-0.4, -0.2) is 42.8 Å². The van der Waals surface area contributed by atoms with Crippen LogP contribution in [0.25, 0.3) is 17.0 Å². The standard InChI is InChI=1S/C28H25N5O4S/c1-16-9-11-21(12-10-16)30-25(34)15-31-27(36)24(38-28(31)37)14-20-13-17(2)32(18(20)3)33-19(4)29-23-8-6-5-7-22(23)26(33)35/h5-14H,15H2,1-4H3,(H,30,34). The van der Waals surface area contributed by atoms with E-state index < -0.39 is 17.1 Å². The van der Waals surface area contributed by atoms with Crippen LogP contribution < -0.4 is 10.9 Å². The Hall–Kier alpha value is -4.44. The molecule has 5 rings (SSSR count). The predicted molar refractivity (Wildman–Crippen MR) is 148 cm³/mol. The smallest absolute Gasteiger partial charge is 0.294 e.